The smallest absolute Gasteiger partial charge is 0.251 e. The summed E-state index contributed by atoms with van der Waals surface area (Å²) in [5.41, 5.74) is -0.115. The maximum Gasteiger partial charge on any atom is 0.251 e. The van der Waals surface area contributed by atoms with Gasteiger partial charge in [-0.1, -0.05) is 11.6 Å². The number of hydrogen-bond donors (Lipinski definition) is 2. The summed E-state index contributed by atoms with van der Waals surface area (Å²) in [6, 6.07) is 3.68. The van der Waals surface area contributed by atoms with Crippen molar-refractivity contribution in [2.24, 2.45) is 0 Å². The van der Waals surface area contributed by atoms with Gasteiger partial charge >= 0.3 is 0 Å². The number of rotatable bonds is 5. The molecule has 0 bridgehead atoms. The fourth-order valence-corrected chi connectivity index (χ4v) is 2.92. The molecule has 0 aliphatic carbocycles. The molecule has 1 saturated heterocycles. The maximum atomic E-state index is 13.3. The second-order valence-electron chi connectivity index (χ2n) is 7.39. The summed E-state index contributed by atoms with van der Waals surface area (Å²) in [7, 11) is 0. The van der Waals surface area contributed by atoms with Crippen LogP contribution in [0.15, 0.2) is 18.2 Å². The van der Waals surface area contributed by atoms with Crippen molar-refractivity contribution in [1.82, 2.24) is 15.5 Å². The van der Waals surface area contributed by atoms with Crippen molar-refractivity contribution in [2.45, 2.75) is 32.4 Å². The Bertz CT molecular complexity index is 643. The van der Waals surface area contributed by atoms with Crippen LogP contribution < -0.4 is 10.6 Å². The van der Waals surface area contributed by atoms with Crippen molar-refractivity contribution in [3.05, 3.63) is 34.6 Å². The summed E-state index contributed by atoms with van der Waals surface area (Å²) in [5, 5.41) is 5.81. The highest BCUT2D eigenvalue weighted by atomic mass is 35.5. The largest absolute Gasteiger partial charge is 0.374 e. The molecule has 0 radical (unpaired) electrons. The molecule has 2 N–H and O–H groups in total. The molecule has 1 aliphatic heterocycles. The van der Waals surface area contributed by atoms with Crippen molar-refractivity contribution in [1.29, 1.82) is 0 Å². The summed E-state index contributed by atoms with van der Waals surface area (Å²) < 4.78 is 19.0. The standard InChI is InChI=1S/C18H25ClFN3O3/c1-18(2,3)22-16(24)11-23-4-5-26-15(10-23)9-21-17(25)12-6-13(19)8-14(20)7-12/h6-8,15H,4-5,9-11H2,1-3H3,(H,21,25)(H,22,24)/t15-/m1/s1. The van der Waals surface area contributed by atoms with Gasteiger partial charge in [-0.3, -0.25) is 14.5 Å². The zero-order valence-electron chi connectivity index (χ0n) is 15.3. The molecule has 8 heteroatoms. The summed E-state index contributed by atoms with van der Waals surface area (Å²) >= 11 is 5.77. The Hall–Kier alpha value is -1.70. The van der Waals surface area contributed by atoms with E-state index in [1.165, 1.54) is 6.07 Å². The van der Waals surface area contributed by atoms with Crippen LogP contribution in [0.2, 0.25) is 5.02 Å². The Labute approximate surface area is 158 Å². The number of ether oxygens (including phenoxy) is 1. The average molecular weight is 386 g/mol. The highest BCUT2D eigenvalue weighted by molar-refractivity contribution is 6.31. The Kier molecular flexibility index (Phi) is 6.97. The van der Waals surface area contributed by atoms with Crippen LogP contribution in [0.3, 0.4) is 0 Å². The van der Waals surface area contributed by atoms with Crippen LogP contribution in [0.1, 0.15) is 31.1 Å². The summed E-state index contributed by atoms with van der Waals surface area (Å²) in [4.78, 5) is 26.2. The van der Waals surface area contributed by atoms with E-state index < -0.39 is 11.7 Å². The summed E-state index contributed by atoms with van der Waals surface area (Å²) in [6.45, 7) is 8.01. The number of nitrogens with zero attached hydrogens (tertiary/aromatic N) is 1. The van der Waals surface area contributed by atoms with E-state index >= 15 is 0 Å². The Morgan fingerprint density at radius 1 is 1.35 bits per heavy atom. The van der Waals surface area contributed by atoms with Crippen LogP contribution in [0.4, 0.5) is 4.39 Å². The monoisotopic (exact) mass is 385 g/mol. The Balaban J connectivity index is 1.82. The van der Waals surface area contributed by atoms with Crippen molar-refractivity contribution < 1.29 is 18.7 Å². The number of benzene rings is 1. The molecular formula is C18H25ClFN3O3. The molecule has 0 spiro atoms. The van der Waals surface area contributed by atoms with Gasteiger partial charge < -0.3 is 15.4 Å². The van der Waals surface area contributed by atoms with Gasteiger partial charge in [0.25, 0.3) is 5.91 Å². The highest BCUT2D eigenvalue weighted by Gasteiger charge is 2.24. The van der Waals surface area contributed by atoms with Crippen molar-refractivity contribution >= 4 is 23.4 Å². The first-order valence-corrected chi connectivity index (χ1v) is 8.89. The Morgan fingerprint density at radius 2 is 2.08 bits per heavy atom. The quantitative estimate of drug-likeness (QED) is 0.811. The first-order valence-electron chi connectivity index (χ1n) is 8.51. The zero-order valence-corrected chi connectivity index (χ0v) is 16.0. The molecule has 1 heterocycles. The van der Waals surface area contributed by atoms with Gasteiger partial charge in [0.2, 0.25) is 5.91 Å². The van der Waals surface area contributed by atoms with Gasteiger partial charge in [0, 0.05) is 35.8 Å². The molecule has 0 saturated carbocycles. The van der Waals surface area contributed by atoms with Crippen LogP contribution in [-0.2, 0) is 9.53 Å². The molecule has 1 atom stereocenters. The van der Waals surface area contributed by atoms with Gasteiger partial charge in [-0.2, -0.15) is 0 Å². The van der Waals surface area contributed by atoms with Gasteiger partial charge in [0.15, 0.2) is 0 Å². The second-order valence-corrected chi connectivity index (χ2v) is 7.83. The van der Waals surface area contributed by atoms with Crippen molar-refractivity contribution in [2.75, 3.05) is 32.8 Å². The molecule has 144 valence electrons. The average Bonchev–Trinajstić information content (AvgIpc) is 2.50. The molecule has 6 nitrogen and oxygen atoms in total. The normalized spacial score (nSPS) is 18.4. The van der Waals surface area contributed by atoms with E-state index in [2.05, 4.69) is 10.6 Å². The second kappa shape index (κ2) is 8.79. The van der Waals surface area contributed by atoms with E-state index in [4.69, 9.17) is 16.3 Å². The van der Waals surface area contributed by atoms with E-state index in [0.717, 1.165) is 12.1 Å². The lowest BCUT2D eigenvalue weighted by atomic mass is 10.1. The number of hydrogen-bond acceptors (Lipinski definition) is 4. The minimum absolute atomic E-state index is 0.0448. The maximum absolute atomic E-state index is 13.3. The number of halogens is 2. The molecule has 2 rings (SSSR count). The summed E-state index contributed by atoms with van der Waals surface area (Å²) in [6.07, 6.45) is -0.237. The van der Waals surface area contributed by atoms with Gasteiger partial charge in [0.1, 0.15) is 5.82 Å². The fraction of sp³-hybridized carbons (Fsp3) is 0.556. The third kappa shape index (κ3) is 6.90. The Morgan fingerprint density at radius 3 is 2.73 bits per heavy atom. The topological polar surface area (TPSA) is 70.7 Å². The van der Waals surface area contributed by atoms with Crippen LogP contribution in [0.5, 0.6) is 0 Å². The molecule has 1 aromatic rings. The van der Waals surface area contributed by atoms with Gasteiger partial charge in [-0.15, -0.1) is 0 Å². The first kappa shape index (κ1) is 20.6. The number of carbonyl (C=O) groups is 2. The molecule has 1 aliphatic rings. The molecule has 1 aromatic carbocycles. The predicted molar refractivity (Wildman–Crippen MR) is 97.8 cm³/mol. The van der Waals surface area contributed by atoms with Gasteiger partial charge in [-0.05, 0) is 39.0 Å². The van der Waals surface area contributed by atoms with E-state index in [1.807, 2.05) is 25.7 Å². The van der Waals surface area contributed by atoms with E-state index in [-0.39, 0.29) is 41.2 Å². The number of carbonyl (C=O) groups excluding carboxylic acids is 2. The predicted octanol–water partition coefficient (Wildman–Crippen LogP) is 1.82. The zero-order chi connectivity index (χ0) is 19.3. The third-order valence-corrected chi connectivity index (χ3v) is 3.94. The third-order valence-electron chi connectivity index (χ3n) is 3.72. The minimum atomic E-state index is -0.562. The van der Waals surface area contributed by atoms with Crippen molar-refractivity contribution in [3.63, 3.8) is 0 Å². The molecule has 2 amide bonds. The molecular weight excluding hydrogens is 361 g/mol. The summed E-state index contributed by atoms with van der Waals surface area (Å²) in [5.74, 6) is -1.03. The molecule has 0 aromatic heterocycles. The lowest BCUT2D eigenvalue weighted by molar-refractivity contribution is -0.125. The van der Waals surface area contributed by atoms with Crippen LogP contribution >= 0.6 is 11.6 Å². The minimum Gasteiger partial charge on any atom is -0.374 e. The lowest BCUT2D eigenvalue weighted by Gasteiger charge is -2.33. The highest BCUT2D eigenvalue weighted by Crippen LogP contribution is 2.14. The molecule has 26 heavy (non-hydrogen) atoms. The first-order chi connectivity index (χ1) is 12.1. The molecule has 0 unspecified atom stereocenters. The fourth-order valence-electron chi connectivity index (χ4n) is 2.70. The van der Waals surface area contributed by atoms with Crippen LogP contribution in [0, 0.1) is 5.82 Å². The lowest BCUT2D eigenvalue weighted by Crippen LogP contribution is -2.52. The van der Waals surface area contributed by atoms with Gasteiger partial charge in [-0.25, -0.2) is 4.39 Å². The SMILES string of the molecule is CC(C)(C)NC(=O)CN1CCO[C@H](CNC(=O)c2cc(F)cc(Cl)c2)C1. The van der Waals surface area contributed by atoms with E-state index in [0.29, 0.717) is 19.7 Å². The van der Waals surface area contributed by atoms with E-state index in [9.17, 15) is 14.0 Å². The van der Waals surface area contributed by atoms with Crippen molar-refractivity contribution in [3.8, 4) is 0 Å². The van der Waals surface area contributed by atoms with Crippen LogP contribution in [-0.4, -0.2) is 61.1 Å². The number of amides is 2. The van der Waals surface area contributed by atoms with Gasteiger partial charge in [0.05, 0.1) is 19.3 Å². The van der Waals surface area contributed by atoms with Crippen LogP contribution in [0.25, 0.3) is 0 Å². The van der Waals surface area contributed by atoms with E-state index in [1.54, 1.807) is 0 Å². The number of nitrogens with one attached hydrogen (secondary N) is 2. The molecule has 1 fully saturated rings. The number of morpholine rings is 1.